The van der Waals surface area contributed by atoms with E-state index < -0.39 is 36.0 Å². The molecule has 10 heteroatoms. The van der Waals surface area contributed by atoms with E-state index >= 15 is 0 Å². The van der Waals surface area contributed by atoms with Crippen LogP contribution >= 0.6 is 22.7 Å². The van der Waals surface area contributed by atoms with Gasteiger partial charge in [0, 0.05) is 9.75 Å². The largest absolute Gasteiger partial charge is 0.274 e. The normalized spacial score (nSPS) is 29.9. The number of hydrogen-bond acceptors (Lipinski definition) is 8. The zero-order valence-electron chi connectivity index (χ0n) is 20.9. The Bertz CT molecular complexity index is 1520. The molecular formula is C30H22N4O4S2. The van der Waals surface area contributed by atoms with Gasteiger partial charge in [-0.15, -0.1) is 22.7 Å². The maximum absolute atomic E-state index is 14.2. The van der Waals surface area contributed by atoms with E-state index in [0.29, 0.717) is 11.4 Å². The fourth-order valence-electron chi connectivity index (χ4n) is 6.97. The second kappa shape index (κ2) is 8.77. The zero-order chi connectivity index (χ0) is 27.1. The van der Waals surface area contributed by atoms with Crippen LogP contribution in [0.4, 0.5) is 11.4 Å². The first-order valence-electron chi connectivity index (χ1n) is 13.1. The monoisotopic (exact) mass is 566 g/mol. The lowest BCUT2D eigenvalue weighted by Gasteiger charge is -2.35. The Labute approximate surface area is 237 Å². The summed E-state index contributed by atoms with van der Waals surface area (Å²) < 4.78 is 0. The molecule has 0 saturated carbocycles. The molecule has 8 nitrogen and oxygen atoms in total. The number of amides is 4. The molecule has 4 fully saturated rings. The molecule has 40 heavy (non-hydrogen) atoms. The highest BCUT2D eigenvalue weighted by molar-refractivity contribution is 7.10. The molecule has 0 bridgehead atoms. The Hall–Kier alpha value is -3.96. The molecule has 198 valence electrons. The fraction of sp³-hybridized carbons (Fsp3) is 0.200. The van der Waals surface area contributed by atoms with E-state index in [9.17, 15) is 19.2 Å². The molecule has 4 aliphatic rings. The van der Waals surface area contributed by atoms with Crippen LogP contribution in [0.5, 0.6) is 0 Å². The molecule has 0 radical (unpaired) electrons. The molecule has 4 aliphatic heterocycles. The third kappa shape index (κ3) is 3.07. The Morgan fingerprint density at radius 1 is 0.450 bits per heavy atom. The summed E-state index contributed by atoms with van der Waals surface area (Å²) in [5, 5.41) is 7.70. The zero-order valence-corrected chi connectivity index (χ0v) is 22.6. The predicted molar refractivity (Wildman–Crippen MR) is 150 cm³/mol. The number of nitrogens with zero attached hydrogens (tertiary/aromatic N) is 4. The van der Waals surface area contributed by atoms with Crippen molar-refractivity contribution in [2.24, 2.45) is 11.8 Å². The van der Waals surface area contributed by atoms with Crippen LogP contribution in [-0.2, 0) is 19.2 Å². The first-order valence-corrected chi connectivity index (χ1v) is 14.8. The van der Waals surface area contributed by atoms with Gasteiger partial charge in [0.25, 0.3) is 11.8 Å². The maximum atomic E-state index is 14.2. The van der Waals surface area contributed by atoms with Crippen LogP contribution in [0, 0.1) is 11.8 Å². The van der Waals surface area contributed by atoms with E-state index in [4.69, 9.17) is 0 Å². The summed E-state index contributed by atoms with van der Waals surface area (Å²) in [6.45, 7) is 0. The van der Waals surface area contributed by atoms with E-state index in [1.54, 1.807) is 48.5 Å². The summed E-state index contributed by atoms with van der Waals surface area (Å²) in [4.78, 5) is 61.0. The van der Waals surface area contributed by atoms with Crippen molar-refractivity contribution in [1.29, 1.82) is 0 Å². The van der Waals surface area contributed by atoms with E-state index in [1.165, 1.54) is 32.5 Å². The number of carbonyl (C=O) groups excluding carboxylic acids is 4. The summed E-state index contributed by atoms with van der Waals surface area (Å²) in [7, 11) is 0. The number of hydrogen-bond donors (Lipinski definition) is 0. The van der Waals surface area contributed by atoms with Crippen molar-refractivity contribution in [3.63, 3.8) is 0 Å². The number of hydrazine groups is 1. The fourth-order valence-corrected chi connectivity index (χ4v) is 8.71. The van der Waals surface area contributed by atoms with Gasteiger partial charge in [0.05, 0.1) is 35.3 Å². The third-order valence-electron chi connectivity index (χ3n) is 8.42. The van der Waals surface area contributed by atoms with Crippen LogP contribution in [0.3, 0.4) is 0 Å². The highest BCUT2D eigenvalue weighted by atomic mass is 32.1. The topological polar surface area (TPSA) is 81.2 Å². The number of benzene rings is 2. The lowest BCUT2D eigenvalue weighted by molar-refractivity contribution is -0.135. The first kappa shape index (κ1) is 23.9. The van der Waals surface area contributed by atoms with Crippen molar-refractivity contribution >= 4 is 57.7 Å². The van der Waals surface area contributed by atoms with Crippen molar-refractivity contribution in [1.82, 2.24) is 10.0 Å². The smallest absolute Gasteiger partial charge is 0.253 e. The summed E-state index contributed by atoms with van der Waals surface area (Å²) in [5.41, 5.74) is 1.05. The Balaban J connectivity index is 1.32. The van der Waals surface area contributed by atoms with Crippen molar-refractivity contribution in [2.75, 3.05) is 9.80 Å². The molecule has 0 aliphatic carbocycles. The number of fused-ring (bicyclic) bond motifs is 5. The number of rotatable bonds is 4. The van der Waals surface area contributed by atoms with E-state index in [2.05, 4.69) is 0 Å². The average molecular weight is 567 g/mol. The molecule has 0 spiro atoms. The number of thiophene rings is 2. The number of imide groups is 2. The van der Waals surface area contributed by atoms with Crippen LogP contribution in [0.2, 0.25) is 0 Å². The Morgan fingerprint density at radius 2 is 0.850 bits per heavy atom. The predicted octanol–water partition coefficient (Wildman–Crippen LogP) is 4.25. The summed E-state index contributed by atoms with van der Waals surface area (Å²) >= 11 is 2.99. The SMILES string of the molecule is O=C1[C@@H]2[C@@H](C(=O)N1c1ccccc1)N1[C@@H](c3cccs3)[C@H]3C(=O)N(c4ccccc4)C(=O)[C@@H]3N1[C@@H]2c1cccs1. The minimum Gasteiger partial charge on any atom is -0.274 e. The molecule has 0 N–H and O–H groups in total. The van der Waals surface area contributed by atoms with Gasteiger partial charge < -0.3 is 0 Å². The molecule has 4 amide bonds. The highest BCUT2D eigenvalue weighted by Crippen LogP contribution is 2.60. The minimum atomic E-state index is -0.830. The quantitative estimate of drug-likeness (QED) is 0.344. The maximum Gasteiger partial charge on any atom is 0.253 e. The second-order valence-electron chi connectivity index (χ2n) is 10.3. The Morgan fingerprint density at radius 3 is 1.20 bits per heavy atom. The highest BCUT2D eigenvalue weighted by Gasteiger charge is 2.74. The van der Waals surface area contributed by atoms with E-state index in [0.717, 1.165) is 9.75 Å². The lowest BCUT2D eigenvalue weighted by Crippen LogP contribution is -2.50. The van der Waals surface area contributed by atoms with Gasteiger partial charge in [0.2, 0.25) is 11.8 Å². The molecule has 6 heterocycles. The average Bonchev–Trinajstić information content (AvgIpc) is 3.80. The summed E-state index contributed by atoms with van der Waals surface area (Å²) in [6, 6.07) is 22.9. The van der Waals surface area contributed by atoms with Crippen LogP contribution in [0.25, 0.3) is 0 Å². The van der Waals surface area contributed by atoms with Crippen LogP contribution in [-0.4, -0.2) is 45.7 Å². The van der Waals surface area contributed by atoms with Crippen molar-refractivity contribution in [3.05, 3.63) is 105 Å². The van der Waals surface area contributed by atoms with E-state index in [-0.39, 0.29) is 23.6 Å². The number of para-hydroxylation sites is 2. The number of carbonyl (C=O) groups is 4. The molecule has 6 atom stereocenters. The summed E-state index contributed by atoms with van der Waals surface area (Å²) in [6.07, 6.45) is 0. The minimum absolute atomic E-state index is 0.285. The van der Waals surface area contributed by atoms with Crippen molar-refractivity contribution in [2.45, 2.75) is 24.2 Å². The van der Waals surface area contributed by atoms with Gasteiger partial charge >= 0.3 is 0 Å². The van der Waals surface area contributed by atoms with Gasteiger partial charge in [0.1, 0.15) is 12.1 Å². The molecule has 4 saturated heterocycles. The molecule has 2 aromatic carbocycles. The van der Waals surface area contributed by atoms with Gasteiger partial charge in [-0.05, 0) is 47.2 Å². The standard InChI is InChI=1S/C30H22N4O4S2/c35-27-21-23(19-13-7-15-39-19)34-26-22(28(36)32(30(26)38)18-11-5-2-6-12-18)24(20-14-8-16-40-20)33(34)25(21)29(37)31(27)17-9-3-1-4-10-17/h1-16,21-26H/t21-,22+,23+,24-,25-,26+. The van der Waals surface area contributed by atoms with Gasteiger partial charge in [-0.25, -0.2) is 19.8 Å². The number of anilines is 2. The second-order valence-corrected chi connectivity index (χ2v) is 12.3. The lowest BCUT2D eigenvalue weighted by atomic mass is 9.88. The van der Waals surface area contributed by atoms with Gasteiger partial charge in [-0.3, -0.25) is 19.2 Å². The van der Waals surface area contributed by atoms with E-state index in [1.807, 2.05) is 57.2 Å². The van der Waals surface area contributed by atoms with Gasteiger partial charge in [-0.1, -0.05) is 48.5 Å². The van der Waals surface area contributed by atoms with Crippen LogP contribution in [0.1, 0.15) is 21.8 Å². The van der Waals surface area contributed by atoms with Crippen molar-refractivity contribution < 1.29 is 19.2 Å². The molecule has 4 aromatic rings. The summed E-state index contributed by atoms with van der Waals surface area (Å²) in [5.74, 6) is -2.66. The van der Waals surface area contributed by atoms with Gasteiger partial charge in [0.15, 0.2) is 0 Å². The molecular weight excluding hydrogens is 544 g/mol. The van der Waals surface area contributed by atoms with Crippen molar-refractivity contribution in [3.8, 4) is 0 Å². The van der Waals surface area contributed by atoms with Crippen LogP contribution in [0.15, 0.2) is 95.7 Å². The van der Waals surface area contributed by atoms with Crippen LogP contribution < -0.4 is 9.80 Å². The third-order valence-corrected chi connectivity index (χ3v) is 10.3. The Kier molecular flexibility index (Phi) is 5.24. The molecule has 8 rings (SSSR count). The molecule has 2 aromatic heterocycles. The first-order chi connectivity index (χ1) is 19.6. The molecule has 0 unspecified atom stereocenters. The van der Waals surface area contributed by atoms with Gasteiger partial charge in [-0.2, -0.15) is 0 Å².